The van der Waals surface area contributed by atoms with Gasteiger partial charge in [-0.3, -0.25) is 9.89 Å². The second kappa shape index (κ2) is 6.68. The summed E-state index contributed by atoms with van der Waals surface area (Å²) >= 11 is 1.55. The Hall–Kier alpha value is -3.33. The van der Waals surface area contributed by atoms with E-state index in [0.29, 0.717) is 36.2 Å². The highest BCUT2D eigenvalue weighted by Gasteiger charge is 2.36. The highest BCUT2D eigenvalue weighted by Crippen LogP contribution is 2.30. The molecule has 1 aromatic carbocycles. The summed E-state index contributed by atoms with van der Waals surface area (Å²) in [6.07, 6.45) is 0. The lowest BCUT2D eigenvalue weighted by atomic mass is 9.99. The van der Waals surface area contributed by atoms with Gasteiger partial charge in [0.15, 0.2) is 0 Å². The Morgan fingerprint density at radius 3 is 2.82 bits per heavy atom. The number of thiophene rings is 1. The van der Waals surface area contributed by atoms with Gasteiger partial charge in [-0.1, -0.05) is 11.2 Å². The first-order valence-electron chi connectivity index (χ1n) is 8.65. The van der Waals surface area contributed by atoms with Crippen LogP contribution < -0.4 is 0 Å². The van der Waals surface area contributed by atoms with Gasteiger partial charge >= 0.3 is 0 Å². The van der Waals surface area contributed by atoms with Gasteiger partial charge in [-0.15, -0.1) is 11.3 Å². The molecule has 0 unspecified atom stereocenters. The molecule has 1 fully saturated rings. The molecule has 7 nitrogen and oxygen atoms in total. The van der Waals surface area contributed by atoms with Gasteiger partial charge < -0.3 is 9.42 Å². The lowest BCUT2D eigenvalue weighted by Crippen LogP contribution is -2.48. The maximum absolute atomic E-state index is 13.0. The lowest BCUT2D eigenvalue weighted by molar-refractivity contribution is 0.0563. The van der Waals surface area contributed by atoms with E-state index < -0.39 is 0 Å². The first-order valence-corrected chi connectivity index (χ1v) is 9.53. The van der Waals surface area contributed by atoms with Crippen LogP contribution in [-0.2, 0) is 0 Å². The number of aromatic nitrogens is 4. The number of carbonyl (C=O) groups is 1. The van der Waals surface area contributed by atoms with E-state index in [1.54, 1.807) is 34.4 Å². The van der Waals surface area contributed by atoms with Crippen LogP contribution >= 0.6 is 11.3 Å². The van der Waals surface area contributed by atoms with Crippen molar-refractivity contribution in [2.24, 2.45) is 0 Å². The fourth-order valence-corrected chi connectivity index (χ4v) is 3.73. The van der Waals surface area contributed by atoms with E-state index >= 15 is 0 Å². The minimum atomic E-state index is -0.314. The Morgan fingerprint density at radius 2 is 2.07 bits per heavy atom. The summed E-state index contributed by atoms with van der Waals surface area (Å²) in [6.45, 7) is 1.02. The Kier molecular flexibility index (Phi) is 4.01. The van der Waals surface area contributed by atoms with Crippen LogP contribution in [0.4, 0.5) is 4.39 Å². The van der Waals surface area contributed by atoms with Crippen molar-refractivity contribution >= 4 is 17.2 Å². The van der Waals surface area contributed by atoms with Gasteiger partial charge in [-0.05, 0) is 41.8 Å². The summed E-state index contributed by atoms with van der Waals surface area (Å²) in [4.78, 5) is 19.7. The SMILES string of the molecule is O=C(c1cc(-c2ccc(F)cc2)n[nH]1)N1CC(c2nc(-c3cccs3)no2)C1. The van der Waals surface area contributed by atoms with Gasteiger partial charge in [0.1, 0.15) is 11.5 Å². The van der Waals surface area contributed by atoms with Gasteiger partial charge in [0, 0.05) is 18.7 Å². The molecule has 4 aromatic rings. The van der Waals surface area contributed by atoms with Crippen molar-refractivity contribution in [1.82, 2.24) is 25.2 Å². The van der Waals surface area contributed by atoms with E-state index in [2.05, 4.69) is 20.3 Å². The largest absolute Gasteiger partial charge is 0.339 e. The van der Waals surface area contributed by atoms with Crippen LogP contribution in [0.25, 0.3) is 22.0 Å². The number of nitrogens with one attached hydrogen (secondary N) is 1. The molecule has 0 spiro atoms. The van der Waals surface area contributed by atoms with Crippen molar-refractivity contribution in [2.45, 2.75) is 5.92 Å². The zero-order valence-electron chi connectivity index (χ0n) is 14.5. The number of halogens is 1. The van der Waals surface area contributed by atoms with E-state index in [0.717, 1.165) is 10.4 Å². The number of hydrogen-bond donors (Lipinski definition) is 1. The van der Waals surface area contributed by atoms with Crippen molar-refractivity contribution in [2.75, 3.05) is 13.1 Å². The third kappa shape index (κ3) is 2.99. The van der Waals surface area contributed by atoms with E-state index in [1.165, 1.54) is 12.1 Å². The number of carbonyl (C=O) groups excluding carboxylic acids is 1. The minimum absolute atomic E-state index is 0.0321. The Balaban J connectivity index is 1.24. The highest BCUT2D eigenvalue weighted by molar-refractivity contribution is 7.13. The van der Waals surface area contributed by atoms with Gasteiger partial charge in [-0.2, -0.15) is 10.1 Å². The summed E-state index contributed by atoms with van der Waals surface area (Å²) < 4.78 is 18.4. The molecule has 0 radical (unpaired) electrons. The summed E-state index contributed by atoms with van der Waals surface area (Å²) in [5.74, 6) is 0.696. The Morgan fingerprint density at radius 1 is 1.25 bits per heavy atom. The molecule has 28 heavy (non-hydrogen) atoms. The standard InChI is InChI=1S/C19H14FN5O2S/c20-13-5-3-11(4-6-13)14-8-15(23-22-14)19(26)25-9-12(10-25)18-21-17(24-27-18)16-2-1-7-28-16/h1-8,12H,9-10H2,(H,22,23). The molecule has 0 saturated carbocycles. The van der Waals surface area contributed by atoms with Crippen molar-refractivity contribution in [3.63, 3.8) is 0 Å². The molecule has 0 atom stereocenters. The molecule has 1 aliphatic heterocycles. The van der Waals surface area contributed by atoms with Crippen LogP contribution in [-0.4, -0.2) is 44.2 Å². The number of amides is 1. The zero-order chi connectivity index (χ0) is 19.1. The summed E-state index contributed by atoms with van der Waals surface area (Å²) in [5, 5.41) is 12.9. The third-order valence-corrected chi connectivity index (χ3v) is 5.52. The Bertz CT molecular complexity index is 1110. The number of benzene rings is 1. The molecular weight excluding hydrogens is 381 g/mol. The molecule has 1 saturated heterocycles. The second-order valence-electron chi connectivity index (χ2n) is 6.51. The summed E-state index contributed by atoms with van der Waals surface area (Å²) in [6, 6.07) is 11.5. The molecule has 9 heteroatoms. The topological polar surface area (TPSA) is 87.9 Å². The molecule has 1 N–H and O–H groups in total. The average molecular weight is 395 g/mol. The molecule has 1 aliphatic rings. The second-order valence-corrected chi connectivity index (χ2v) is 7.46. The highest BCUT2D eigenvalue weighted by atomic mass is 32.1. The average Bonchev–Trinajstić information content (AvgIpc) is 3.42. The molecule has 4 heterocycles. The van der Waals surface area contributed by atoms with Crippen LogP contribution in [0.15, 0.2) is 52.4 Å². The van der Waals surface area contributed by atoms with Crippen molar-refractivity contribution in [1.29, 1.82) is 0 Å². The van der Waals surface area contributed by atoms with E-state index in [4.69, 9.17) is 4.52 Å². The van der Waals surface area contributed by atoms with Crippen molar-refractivity contribution in [3.8, 4) is 22.0 Å². The maximum atomic E-state index is 13.0. The first-order chi connectivity index (χ1) is 13.7. The number of H-pyrrole nitrogens is 1. The van der Waals surface area contributed by atoms with Crippen molar-refractivity contribution < 1.29 is 13.7 Å². The van der Waals surface area contributed by atoms with E-state index in [1.807, 2.05) is 17.5 Å². The fourth-order valence-electron chi connectivity index (χ4n) is 3.08. The first kappa shape index (κ1) is 16.8. The van der Waals surface area contributed by atoms with Gasteiger partial charge in [0.25, 0.3) is 5.91 Å². The summed E-state index contributed by atoms with van der Waals surface area (Å²) in [7, 11) is 0. The predicted molar refractivity (Wildman–Crippen MR) is 100 cm³/mol. The number of aromatic amines is 1. The van der Waals surface area contributed by atoms with Gasteiger partial charge in [0.05, 0.1) is 16.5 Å². The van der Waals surface area contributed by atoms with Crippen LogP contribution in [0.3, 0.4) is 0 Å². The van der Waals surface area contributed by atoms with E-state index in [-0.39, 0.29) is 17.6 Å². The maximum Gasteiger partial charge on any atom is 0.271 e. The molecule has 0 aliphatic carbocycles. The van der Waals surface area contributed by atoms with Crippen LogP contribution in [0, 0.1) is 5.82 Å². The molecular formula is C19H14FN5O2S. The molecule has 5 rings (SSSR count). The number of likely N-dealkylation sites (tertiary alicyclic amines) is 1. The summed E-state index contributed by atoms with van der Waals surface area (Å²) in [5.41, 5.74) is 1.73. The molecule has 140 valence electrons. The van der Waals surface area contributed by atoms with Crippen LogP contribution in [0.5, 0.6) is 0 Å². The van der Waals surface area contributed by atoms with Gasteiger partial charge in [0.2, 0.25) is 11.7 Å². The lowest BCUT2D eigenvalue weighted by Gasteiger charge is -2.36. The van der Waals surface area contributed by atoms with Crippen molar-refractivity contribution in [3.05, 3.63) is 65.2 Å². The van der Waals surface area contributed by atoms with Crippen LogP contribution in [0.2, 0.25) is 0 Å². The number of rotatable bonds is 4. The smallest absolute Gasteiger partial charge is 0.271 e. The molecule has 0 bridgehead atoms. The number of hydrogen-bond acceptors (Lipinski definition) is 6. The monoisotopic (exact) mass is 395 g/mol. The van der Waals surface area contributed by atoms with Crippen LogP contribution in [0.1, 0.15) is 22.3 Å². The minimum Gasteiger partial charge on any atom is -0.339 e. The number of nitrogens with zero attached hydrogens (tertiary/aromatic N) is 4. The van der Waals surface area contributed by atoms with E-state index in [9.17, 15) is 9.18 Å². The Labute approximate surface area is 162 Å². The quantitative estimate of drug-likeness (QED) is 0.571. The normalized spacial score (nSPS) is 14.2. The zero-order valence-corrected chi connectivity index (χ0v) is 15.3. The van der Waals surface area contributed by atoms with Gasteiger partial charge in [-0.25, -0.2) is 4.39 Å². The third-order valence-electron chi connectivity index (χ3n) is 4.65. The fraction of sp³-hybridized carbons (Fsp3) is 0.158. The molecule has 1 amide bonds. The molecule has 3 aromatic heterocycles. The predicted octanol–water partition coefficient (Wildman–Crippen LogP) is 3.57.